The van der Waals surface area contributed by atoms with E-state index >= 15 is 0 Å². The van der Waals surface area contributed by atoms with Gasteiger partial charge >= 0.3 is 0 Å². The van der Waals surface area contributed by atoms with Gasteiger partial charge in [0.05, 0.1) is 12.9 Å². The molecule has 0 bridgehead atoms. The highest BCUT2D eigenvalue weighted by Gasteiger charge is 2.58. The molecule has 1 saturated carbocycles. The van der Waals surface area contributed by atoms with Crippen LogP contribution in [0.5, 0.6) is 0 Å². The first kappa shape index (κ1) is 18.3. The second-order valence-corrected chi connectivity index (χ2v) is 9.48. The number of Topliss-reactive ketones (excluding diaryl/α,β-unsaturated/α-hetero) is 1. The van der Waals surface area contributed by atoms with Crippen LogP contribution in [0.4, 0.5) is 0 Å². The van der Waals surface area contributed by atoms with Crippen LogP contribution in [0.2, 0.25) is 0 Å². The number of carbonyl (C=O) groups excluding carboxylic acids is 1. The molecule has 4 heteroatoms. The Balaban J connectivity index is 1.71. The van der Waals surface area contributed by atoms with Gasteiger partial charge in [-0.15, -0.1) is 0 Å². The van der Waals surface area contributed by atoms with E-state index in [0.717, 1.165) is 54.9 Å². The van der Waals surface area contributed by atoms with Crippen LogP contribution in [0.25, 0.3) is 0 Å². The van der Waals surface area contributed by atoms with Gasteiger partial charge in [0, 0.05) is 11.5 Å². The molecular formula is C22H29ClO3. The molecule has 5 atom stereocenters. The Bertz CT molecular complexity index is 734. The highest BCUT2D eigenvalue weighted by Crippen LogP contribution is 2.66. The summed E-state index contributed by atoms with van der Waals surface area (Å²) in [5.41, 5.74) is 2.15. The number of hydrogen-bond donors (Lipinski definition) is 1. The smallest absolute Gasteiger partial charge is 0.184 e. The van der Waals surface area contributed by atoms with Crippen molar-refractivity contribution in [2.75, 3.05) is 13.7 Å². The van der Waals surface area contributed by atoms with Gasteiger partial charge in [-0.1, -0.05) is 31.5 Å². The van der Waals surface area contributed by atoms with Crippen LogP contribution in [0.1, 0.15) is 52.4 Å². The summed E-state index contributed by atoms with van der Waals surface area (Å²) in [6.07, 6.45) is 10.3. The third-order valence-electron chi connectivity index (χ3n) is 8.06. The van der Waals surface area contributed by atoms with Gasteiger partial charge in [-0.05, 0) is 77.9 Å². The number of hydrogen-bond acceptors (Lipinski definition) is 3. The maximum atomic E-state index is 12.3. The lowest BCUT2D eigenvalue weighted by molar-refractivity contribution is -0.120. The zero-order chi connectivity index (χ0) is 18.7. The van der Waals surface area contributed by atoms with E-state index in [9.17, 15) is 9.90 Å². The molecule has 3 nitrogen and oxygen atoms in total. The predicted molar refractivity (Wildman–Crippen MR) is 103 cm³/mol. The zero-order valence-electron chi connectivity index (χ0n) is 16.0. The van der Waals surface area contributed by atoms with Crippen LogP contribution >= 0.6 is 11.6 Å². The average Bonchev–Trinajstić information content (AvgIpc) is 2.98. The Morgan fingerprint density at radius 2 is 2.08 bits per heavy atom. The fraction of sp³-hybridized carbons (Fsp3) is 0.682. The van der Waals surface area contributed by atoms with Crippen molar-refractivity contribution in [2.45, 2.75) is 52.4 Å². The highest BCUT2D eigenvalue weighted by molar-refractivity contribution is 6.30. The molecule has 0 aromatic heterocycles. The minimum Gasteiger partial charge on any atom is -0.501 e. The normalized spacial score (nSPS) is 41.7. The number of aliphatic hydroxyl groups excluding tert-OH is 1. The van der Waals surface area contributed by atoms with E-state index in [1.54, 1.807) is 7.11 Å². The number of fused-ring (bicyclic) bond motifs is 5. The molecular weight excluding hydrogens is 348 g/mol. The lowest BCUT2D eigenvalue weighted by atomic mass is 9.48. The maximum Gasteiger partial charge on any atom is 0.184 e. The van der Waals surface area contributed by atoms with Crippen molar-refractivity contribution in [1.29, 1.82) is 0 Å². The summed E-state index contributed by atoms with van der Waals surface area (Å²) in [5.74, 6) is 2.50. The lowest BCUT2D eigenvalue weighted by Gasteiger charge is -2.57. The summed E-state index contributed by atoms with van der Waals surface area (Å²) < 4.78 is 5.51. The number of aliphatic hydroxyl groups is 1. The van der Waals surface area contributed by atoms with E-state index < -0.39 is 0 Å². The lowest BCUT2D eigenvalue weighted by Crippen LogP contribution is -2.49. The van der Waals surface area contributed by atoms with Gasteiger partial charge in [0.2, 0.25) is 0 Å². The van der Waals surface area contributed by atoms with Gasteiger partial charge in [-0.2, -0.15) is 0 Å². The molecule has 0 radical (unpaired) electrons. The fourth-order valence-corrected chi connectivity index (χ4v) is 7.06. The number of allylic oxidation sites excluding steroid dienone is 5. The number of rotatable bonds is 3. The van der Waals surface area contributed by atoms with Gasteiger partial charge < -0.3 is 9.84 Å². The molecule has 0 aromatic rings. The third-order valence-corrected chi connectivity index (χ3v) is 8.42. The topological polar surface area (TPSA) is 46.5 Å². The number of ketones is 1. The van der Waals surface area contributed by atoms with E-state index in [-0.39, 0.29) is 23.2 Å². The first-order chi connectivity index (χ1) is 12.3. The Kier molecular flexibility index (Phi) is 4.39. The van der Waals surface area contributed by atoms with Gasteiger partial charge in [0.25, 0.3) is 0 Å². The molecule has 1 fully saturated rings. The Morgan fingerprint density at radius 3 is 2.77 bits per heavy atom. The second kappa shape index (κ2) is 6.24. The Labute approximate surface area is 161 Å². The van der Waals surface area contributed by atoms with Crippen molar-refractivity contribution < 1.29 is 14.6 Å². The molecule has 0 unspecified atom stereocenters. The van der Waals surface area contributed by atoms with Gasteiger partial charge in [-0.3, -0.25) is 4.79 Å². The summed E-state index contributed by atoms with van der Waals surface area (Å²) in [7, 11) is 1.74. The quantitative estimate of drug-likeness (QED) is 0.772. The molecule has 0 heterocycles. The molecule has 4 aliphatic carbocycles. The van der Waals surface area contributed by atoms with E-state index in [2.05, 4.69) is 26.0 Å². The monoisotopic (exact) mass is 376 g/mol. The third kappa shape index (κ3) is 2.39. The van der Waals surface area contributed by atoms with Crippen molar-refractivity contribution in [2.24, 2.45) is 28.6 Å². The van der Waals surface area contributed by atoms with Crippen LogP contribution in [-0.4, -0.2) is 24.6 Å². The van der Waals surface area contributed by atoms with Gasteiger partial charge in [-0.25, -0.2) is 0 Å². The maximum absolute atomic E-state index is 12.3. The first-order valence-corrected chi connectivity index (χ1v) is 10.2. The van der Waals surface area contributed by atoms with E-state index in [4.69, 9.17) is 16.3 Å². The highest BCUT2D eigenvalue weighted by atomic mass is 35.5. The molecule has 0 spiro atoms. The Hall–Kier alpha value is -1.06. The van der Waals surface area contributed by atoms with Crippen LogP contribution < -0.4 is 0 Å². The first-order valence-electron chi connectivity index (χ1n) is 9.83. The Morgan fingerprint density at radius 1 is 1.31 bits per heavy atom. The van der Waals surface area contributed by atoms with Crippen molar-refractivity contribution in [1.82, 2.24) is 0 Å². The summed E-state index contributed by atoms with van der Waals surface area (Å²) in [6, 6.07) is 0. The van der Waals surface area contributed by atoms with E-state index in [1.165, 1.54) is 5.57 Å². The number of halogens is 1. The predicted octanol–water partition coefficient (Wildman–Crippen LogP) is 4.75. The summed E-state index contributed by atoms with van der Waals surface area (Å²) in [6.45, 7) is 4.24. The van der Waals surface area contributed by atoms with E-state index in [0.29, 0.717) is 17.8 Å². The van der Waals surface area contributed by atoms with Gasteiger partial charge in [0.1, 0.15) is 6.61 Å². The zero-order valence-corrected chi connectivity index (χ0v) is 16.7. The van der Waals surface area contributed by atoms with Crippen molar-refractivity contribution in [3.05, 3.63) is 34.1 Å². The van der Waals surface area contributed by atoms with Crippen LogP contribution in [0, 0.1) is 28.6 Å². The second-order valence-electron chi connectivity index (χ2n) is 9.02. The molecule has 1 N–H and O–H groups in total. The molecule has 142 valence electrons. The van der Waals surface area contributed by atoms with Crippen LogP contribution in [-0.2, 0) is 9.53 Å². The molecule has 0 amide bonds. The molecule has 26 heavy (non-hydrogen) atoms. The fourth-order valence-electron chi connectivity index (χ4n) is 6.61. The van der Waals surface area contributed by atoms with E-state index in [1.807, 2.05) is 0 Å². The van der Waals surface area contributed by atoms with Crippen LogP contribution in [0.15, 0.2) is 34.1 Å². The van der Waals surface area contributed by atoms with Crippen molar-refractivity contribution >= 4 is 17.4 Å². The van der Waals surface area contributed by atoms with Gasteiger partial charge in [0.15, 0.2) is 5.78 Å². The molecule has 0 saturated heterocycles. The summed E-state index contributed by atoms with van der Waals surface area (Å²) in [5, 5.41) is 10.4. The molecule has 0 aromatic carbocycles. The van der Waals surface area contributed by atoms with Crippen molar-refractivity contribution in [3.8, 4) is 0 Å². The average molecular weight is 377 g/mol. The summed E-state index contributed by atoms with van der Waals surface area (Å²) >= 11 is 6.84. The largest absolute Gasteiger partial charge is 0.501 e. The molecule has 4 aliphatic rings. The number of carbonyl (C=O) groups is 1. The SMILES string of the molecule is COC1=CC2=C(Cl)C[C@@H]3[C@H](CC[C@]4(C)C(C(=O)CO)=CC[C@@H]34)[C@@]2(C)CC1. The molecule has 4 rings (SSSR count). The minimum atomic E-state index is -0.380. The number of ether oxygens (including phenoxy) is 1. The van der Waals surface area contributed by atoms with Crippen molar-refractivity contribution in [3.63, 3.8) is 0 Å². The van der Waals surface area contributed by atoms with Crippen LogP contribution in [0.3, 0.4) is 0 Å². The minimum absolute atomic E-state index is 0.0943. The standard InChI is InChI=1S/C22H29ClO3/c1-21-9-7-16-14(15(21)4-5-17(21)20(25)12-24)11-19(23)18-10-13(26-3)6-8-22(16,18)2/h5,10,14-16,24H,4,6-9,11-12H2,1-3H3/t14-,15-,16-,21-,22+/m0/s1. The molecule has 0 aliphatic heterocycles. The number of methoxy groups -OCH3 is 1. The summed E-state index contributed by atoms with van der Waals surface area (Å²) in [4.78, 5) is 12.3.